The number of aryl methyl sites for hydroxylation is 3. The van der Waals surface area contributed by atoms with Crippen LogP contribution in [0.5, 0.6) is 0 Å². The van der Waals surface area contributed by atoms with Crippen LogP contribution < -0.4 is 4.72 Å². The van der Waals surface area contributed by atoms with Gasteiger partial charge in [0.25, 0.3) is 0 Å². The molecule has 1 aromatic heterocycles. The number of fused-ring (bicyclic) bond motifs is 1. The van der Waals surface area contributed by atoms with Crippen molar-refractivity contribution in [1.82, 2.24) is 9.29 Å². The Bertz CT molecular complexity index is 1170. The number of esters is 1. The van der Waals surface area contributed by atoms with Crippen molar-refractivity contribution >= 4 is 26.9 Å². The molecular formula is C23H28N2O4S. The van der Waals surface area contributed by atoms with Crippen LogP contribution >= 0.6 is 0 Å². The highest BCUT2D eigenvalue weighted by Crippen LogP contribution is 2.23. The first-order chi connectivity index (χ1) is 14.2. The minimum atomic E-state index is -3.67. The third-order valence-corrected chi connectivity index (χ3v) is 7.13. The standard InChI is InChI=1S/C23H28N2O4S/c1-6-20(24-30(27,28)22-16(3)11-15(2)12-17(22)4)14-25-10-9-18-7-8-19(13-21(18)25)23(26)29-5/h7-13,20,24H,6,14H2,1-5H3. The minimum Gasteiger partial charge on any atom is -0.465 e. The number of benzene rings is 2. The first-order valence-corrected chi connectivity index (χ1v) is 11.4. The van der Waals surface area contributed by atoms with Crippen molar-refractivity contribution in [1.29, 1.82) is 0 Å². The predicted octanol–water partition coefficient (Wildman–Crippen LogP) is 4.11. The van der Waals surface area contributed by atoms with E-state index in [1.165, 1.54) is 7.11 Å². The van der Waals surface area contributed by atoms with Gasteiger partial charge in [0.15, 0.2) is 0 Å². The van der Waals surface area contributed by atoms with Crippen LogP contribution in [0.3, 0.4) is 0 Å². The van der Waals surface area contributed by atoms with Gasteiger partial charge in [-0.1, -0.05) is 30.7 Å². The lowest BCUT2D eigenvalue weighted by atomic mass is 10.1. The molecule has 0 saturated carbocycles. The molecule has 0 aliphatic carbocycles. The Balaban J connectivity index is 1.90. The van der Waals surface area contributed by atoms with Crippen LogP contribution in [0.2, 0.25) is 0 Å². The Morgan fingerprint density at radius 1 is 1.10 bits per heavy atom. The number of carbonyl (C=O) groups is 1. The zero-order valence-electron chi connectivity index (χ0n) is 18.0. The molecule has 3 aromatic rings. The highest BCUT2D eigenvalue weighted by Gasteiger charge is 2.23. The lowest BCUT2D eigenvalue weighted by Gasteiger charge is -2.20. The van der Waals surface area contributed by atoms with Crippen LogP contribution in [-0.2, 0) is 21.3 Å². The van der Waals surface area contributed by atoms with Crippen molar-refractivity contribution in [2.45, 2.75) is 51.6 Å². The van der Waals surface area contributed by atoms with E-state index in [9.17, 15) is 13.2 Å². The largest absolute Gasteiger partial charge is 0.465 e. The topological polar surface area (TPSA) is 77.4 Å². The van der Waals surface area contributed by atoms with Gasteiger partial charge in [0.1, 0.15) is 0 Å². The molecule has 7 heteroatoms. The van der Waals surface area contributed by atoms with Crippen LogP contribution in [0.25, 0.3) is 10.9 Å². The summed E-state index contributed by atoms with van der Waals surface area (Å²) in [5, 5.41) is 0.977. The Labute approximate surface area is 177 Å². The second kappa shape index (κ2) is 8.62. The molecule has 3 rings (SSSR count). The van der Waals surface area contributed by atoms with E-state index in [0.29, 0.717) is 23.4 Å². The summed E-state index contributed by atoms with van der Waals surface area (Å²) in [6.45, 7) is 8.01. The van der Waals surface area contributed by atoms with Gasteiger partial charge >= 0.3 is 5.97 Å². The maximum Gasteiger partial charge on any atom is 0.337 e. The molecule has 0 aliphatic rings. The third-order valence-electron chi connectivity index (χ3n) is 5.30. The Morgan fingerprint density at radius 3 is 2.37 bits per heavy atom. The molecule has 1 N–H and O–H groups in total. The molecule has 1 atom stereocenters. The maximum atomic E-state index is 13.1. The van der Waals surface area contributed by atoms with Crippen molar-refractivity contribution in [2.75, 3.05) is 7.11 Å². The number of methoxy groups -OCH3 is 1. The molecule has 6 nitrogen and oxygen atoms in total. The number of ether oxygens (including phenoxy) is 1. The van der Waals surface area contributed by atoms with Crippen LogP contribution in [0, 0.1) is 20.8 Å². The normalized spacial score (nSPS) is 12.8. The van der Waals surface area contributed by atoms with Crippen molar-refractivity contribution < 1.29 is 17.9 Å². The summed E-state index contributed by atoms with van der Waals surface area (Å²) < 4.78 is 35.9. The molecule has 0 fully saturated rings. The number of hydrogen-bond donors (Lipinski definition) is 1. The number of sulfonamides is 1. The fraction of sp³-hybridized carbons (Fsp3) is 0.348. The van der Waals surface area contributed by atoms with Gasteiger partial charge in [0.2, 0.25) is 10.0 Å². The van der Waals surface area contributed by atoms with Crippen LogP contribution in [-0.4, -0.2) is 32.1 Å². The molecule has 1 heterocycles. The molecule has 160 valence electrons. The zero-order valence-corrected chi connectivity index (χ0v) is 18.8. The van der Waals surface area contributed by atoms with Gasteiger partial charge in [-0.05, 0) is 61.9 Å². The Morgan fingerprint density at radius 2 is 1.77 bits per heavy atom. The molecule has 0 bridgehead atoms. The first kappa shape index (κ1) is 22.1. The number of aromatic nitrogens is 1. The second-order valence-electron chi connectivity index (χ2n) is 7.69. The van der Waals surface area contributed by atoms with Gasteiger partial charge in [0.05, 0.1) is 17.6 Å². The molecular weight excluding hydrogens is 400 g/mol. The minimum absolute atomic E-state index is 0.299. The average molecular weight is 429 g/mol. The maximum absolute atomic E-state index is 13.1. The second-order valence-corrected chi connectivity index (χ2v) is 9.34. The number of rotatable bonds is 7. The van der Waals surface area contributed by atoms with Crippen LogP contribution in [0.4, 0.5) is 0 Å². The lowest BCUT2D eigenvalue weighted by Crippen LogP contribution is -2.38. The summed E-state index contributed by atoms with van der Waals surface area (Å²) in [7, 11) is -2.32. The fourth-order valence-corrected chi connectivity index (χ4v) is 5.71. The van der Waals surface area contributed by atoms with E-state index in [1.807, 2.05) is 62.7 Å². The summed E-state index contributed by atoms with van der Waals surface area (Å²) in [5.41, 5.74) is 3.84. The third kappa shape index (κ3) is 4.42. The summed E-state index contributed by atoms with van der Waals surface area (Å²) in [4.78, 5) is 12.2. The molecule has 0 spiro atoms. The quantitative estimate of drug-likeness (QED) is 0.575. The van der Waals surface area contributed by atoms with Gasteiger partial charge in [-0.25, -0.2) is 17.9 Å². The van der Waals surface area contributed by atoms with Crippen molar-refractivity contribution in [3.63, 3.8) is 0 Å². The number of carbonyl (C=O) groups excluding carboxylic acids is 1. The van der Waals surface area contributed by atoms with E-state index < -0.39 is 16.0 Å². The van der Waals surface area contributed by atoms with Gasteiger partial charge in [-0.2, -0.15) is 0 Å². The number of nitrogens with zero attached hydrogens (tertiary/aromatic N) is 1. The van der Waals surface area contributed by atoms with Crippen LogP contribution in [0.1, 0.15) is 40.4 Å². The van der Waals surface area contributed by atoms with E-state index in [-0.39, 0.29) is 6.04 Å². The lowest BCUT2D eigenvalue weighted by molar-refractivity contribution is 0.0601. The van der Waals surface area contributed by atoms with E-state index in [1.54, 1.807) is 12.1 Å². The SMILES string of the molecule is CCC(Cn1ccc2ccc(C(=O)OC)cc21)NS(=O)(=O)c1c(C)cc(C)cc1C. The summed E-state index contributed by atoms with van der Waals surface area (Å²) in [6, 6.07) is 10.8. The number of nitrogens with one attached hydrogen (secondary N) is 1. The van der Waals surface area contributed by atoms with E-state index in [4.69, 9.17) is 4.74 Å². The summed E-state index contributed by atoms with van der Waals surface area (Å²) in [5.74, 6) is -0.400. The first-order valence-electron chi connectivity index (χ1n) is 9.93. The highest BCUT2D eigenvalue weighted by molar-refractivity contribution is 7.89. The highest BCUT2D eigenvalue weighted by atomic mass is 32.2. The molecule has 0 amide bonds. The molecule has 0 radical (unpaired) electrons. The Kier molecular flexibility index (Phi) is 6.33. The molecule has 2 aromatic carbocycles. The van der Waals surface area contributed by atoms with Gasteiger partial charge in [-0.15, -0.1) is 0 Å². The number of hydrogen-bond acceptors (Lipinski definition) is 4. The van der Waals surface area contributed by atoms with Crippen molar-refractivity contribution in [3.05, 3.63) is 64.8 Å². The molecule has 0 saturated heterocycles. The van der Waals surface area contributed by atoms with Crippen molar-refractivity contribution in [3.8, 4) is 0 Å². The molecule has 1 unspecified atom stereocenters. The fourth-order valence-electron chi connectivity index (χ4n) is 3.94. The van der Waals surface area contributed by atoms with E-state index >= 15 is 0 Å². The Hall–Kier alpha value is -2.64. The zero-order chi connectivity index (χ0) is 22.1. The summed E-state index contributed by atoms with van der Waals surface area (Å²) >= 11 is 0. The molecule has 0 aliphatic heterocycles. The van der Waals surface area contributed by atoms with Gasteiger partial charge in [-0.3, -0.25) is 0 Å². The average Bonchev–Trinajstić information content (AvgIpc) is 3.07. The van der Waals surface area contributed by atoms with Crippen LogP contribution in [0.15, 0.2) is 47.5 Å². The van der Waals surface area contributed by atoms with Gasteiger partial charge < -0.3 is 9.30 Å². The van der Waals surface area contributed by atoms with E-state index in [0.717, 1.165) is 27.6 Å². The van der Waals surface area contributed by atoms with Crippen molar-refractivity contribution in [2.24, 2.45) is 0 Å². The predicted molar refractivity (Wildman–Crippen MR) is 118 cm³/mol. The molecule has 30 heavy (non-hydrogen) atoms. The smallest absolute Gasteiger partial charge is 0.337 e. The monoisotopic (exact) mass is 428 g/mol. The van der Waals surface area contributed by atoms with E-state index in [2.05, 4.69) is 4.72 Å². The van der Waals surface area contributed by atoms with Gasteiger partial charge in [0, 0.05) is 24.3 Å². The summed E-state index contributed by atoms with van der Waals surface area (Å²) in [6.07, 6.45) is 2.53.